The maximum absolute atomic E-state index is 12.8. The first-order chi connectivity index (χ1) is 16.0. The highest BCUT2D eigenvalue weighted by Crippen LogP contribution is 2.34. The number of aromatic hydroxyl groups is 4. The van der Waals surface area contributed by atoms with Gasteiger partial charge < -0.3 is 20.4 Å². The Morgan fingerprint density at radius 3 is 1.09 bits per heavy atom. The van der Waals surface area contributed by atoms with Gasteiger partial charge in [-0.25, -0.2) is 16.8 Å². The molecule has 8 nitrogen and oxygen atoms in total. The summed E-state index contributed by atoms with van der Waals surface area (Å²) in [6.07, 6.45) is 0. The van der Waals surface area contributed by atoms with E-state index < -0.39 is 41.0 Å². The molecule has 4 N–H and O–H groups in total. The minimum absolute atomic E-state index is 0.101. The Hall–Kier alpha value is -4.02. The van der Waals surface area contributed by atoms with Crippen molar-refractivity contribution in [3.8, 4) is 34.1 Å². The Balaban J connectivity index is 1.64. The largest absolute Gasteiger partial charge is 0.508 e. The van der Waals surface area contributed by atoms with Gasteiger partial charge >= 0.3 is 0 Å². The van der Waals surface area contributed by atoms with Crippen LogP contribution in [0.25, 0.3) is 11.1 Å². The molecule has 0 bridgehead atoms. The van der Waals surface area contributed by atoms with E-state index in [-0.39, 0.29) is 21.3 Å². The maximum atomic E-state index is 12.8. The summed E-state index contributed by atoms with van der Waals surface area (Å²) in [4.78, 5) is -1.05. The SMILES string of the molecule is O=S(=O)(c1ccc(-c2ccc(S(=O)(=O)c3cc(O)ccc3O)cc2)cc1)c1cc(O)ccc1O. The van der Waals surface area contributed by atoms with Gasteiger partial charge in [0.1, 0.15) is 32.8 Å². The van der Waals surface area contributed by atoms with Crippen molar-refractivity contribution in [1.29, 1.82) is 0 Å². The zero-order valence-electron chi connectivity index (χ0n) is 17.3. The molecule has 0 atom stereocenters. The molecule has 0 spiro atoms. The Kier molecular flexibility index (Phi) is 5.72. The second kappa shape index (κ2) is 8.40. The van der Waals surface area contributed by atoms with Gasteiger partial charge in [-0.15, -0.1) is 0 Å². The van der Waals surface area contributed by atoms with Crippen molar-refractivity contribution in [3.05, 3.63) is 84.9 Å². The first-order valence-corrected chi connectivity index (χ1v) is 12.7. The minimum Gasteiger partial charge on any atom is -0.508 e. The topological polar surface area (TPSA) is 149 Å². The molecule has 0 unspecified atom stereocenters. The summed E-state index contributed by atoms with van der Waals surface area (Å²) in [5.74, 6) is -1.59. The van der Waals surface area contributed by atoms with Gasteiger partial charge in [0.15, 0.2) is 0 Å². The molecule has 0 amide bonds. The zero-order valence-corrected chi connectivity index (χ0v) is 19.0. The number of phenolic OH excluding ortho intramolecular Hbond substituents is 4. The third kappa shape index (κ3) is 4.16. The average molecular weight is 499 g/mol. The number of rotatable bonds is 5. The van der Waals surface area contributed by atoms with Crippen molar-refractivity contribution >= 4 is 19.7 Å². The quantitative estimate of drug-likeness (QED) is 0.303. The van der Waals surface area contributed by atoms with Gasteiger partial charge in [0, 0.05) is 12.1 Å². The van der Waals surface area contributed by atoms with Gasteiger partial charge in [-0.2, -0.15) is 0 Å². The van der Waals surface area contributed by atoms with Crippen LogP contribution >= 0.6 is 0 Å². The van der Waals surface area contributed by atoms with E-state index in [2.05, 4.69) is 0 Å². The second-order valence-corrected chi connectivity index (χ2v) is 11.2. The number of phenols is 4. The molecule has 34 heavy (non-hydrogen) atoms. The molecular formula is C24H18O8S2. The molecule has 4 aromatic rings. The number of benzene rings is 4. The Bertz CT molecular complexity index is 1470. The van der Waals surface area contributed by atoms with Crippen molar-refractivity contribution in [1.82, 2.24) is 0 Å². The molecule has 4 rings (SSSR count). The molecule has 0 aliphatic rings. The van der Waals surface area contributed by atoms with E-state index in [4.69, 9.17) is 0 Å². The molecule has 174 valence electrons. The lowest BCUT2D eigenvalue weighted by molar-refractivity contribution is 0.445. The summed E-state index contributed by atoms with van der Waals surface area (Å²) in [5.41, 5.74) is 1.20. The summed E-state index contributed by atoms with van der Waals surface area (Å²) in [6.45, 7) is 0. The lowest BCUT2D eigenvalue weighted by atomic mass is 10.1. The van der Waals surface area contributed by atoms with E-state index in [1.54, 1.807) is 0 Å². The van der Waals surface area contributed by atoms with Crippen LogP contribution in [0.15, 0.2) is 105 Å². The van der Waals surface area contributed by atoms with Crippen LogP contribution in [-0.2, 0) is 19.7 Å². The van der Waals surface area contributed by atoms with Crippen LogP contribution < -0.4 is 0 Å². The molecule has 0 saturated carbocycles. The predicted molar refractivity (Wildman–Crippen MR) is 122 cm³/mol. The average Bonchev–Trinajstić information content (AvgIpc) is 2.82. The van der Waals surface area contributed by atoms with Crippen molar-refractivity contribution in [2.24, 2.45) is 0 Å². The predicted octanol–water partition coefficient (Wildman–Crippen LogP) is 3.84. The molecule has 0 fully saturated rings. The number of hydrogen-bond donors (Lipinski definition) is 4. The van der Waals surface area contributed by atoms with Crippen molar-refractivity contribution in [2.75, 3.05) is 0 Å². The molecule has 0 aromatic heterocycles. The van der Waals surface area contributed by atoms with Gasteiger partial charge in [-0.1, -0.05) is 24.3 Å². The fraction of sp³-hybridized carbons (Fsp3) is 0. The van der Waals surface area contributed by atoms with E-state index in [0.717, 1.165) is 24.3 Å². The van der Waals surface area contributed by atoms with Crippen molar-refractivity contribution in [2.45, 2.75) is 19.6 Å². The smallest absolute Gasteiger partial charge is 0.210 e. The van der Waals surface area contributed by atoms with E-state index in [1.807, 2.05) is 0 Å². The van der Waals surface area contributed by atoms with Crippen LogP contribution in [-0.4, -0.2) is 37.3 Å². The highest BCUT2D eigenvalue weighted by Gasteiger charge is 2.23. The van der Waals surface area contributed by atoms with Crippen molar-refractivity contribution < 1.29 is 37.3 Å². The van der Waals surface area contributed by atoms with Gasteiger partial charge in [0.25, 0.3) is 0 Å². The Morgan fingerprint density at radius 1 is 0.441 bits per heavy atom. The third-order valence-electron chi connectivity index (χ3n) is 5.13. The monoisotopic (exact) mass is 498 g/mol. The molecule has 10 heteroatoms. The summed E-state index contributed by atoms with van der Waals surface area (Å²) >= 11 is 0. The summed E-state index contributed by atoms with van der Waals surface area (Å²) in [5, 5.41) is 39.0. The van der Waals surface area contributed by atoms with Crippen LogP contribution in [0.4, 0.5) is 0 Å². The van der Waals surface area contributed by atoms with Crippen LogP contribution in [0.5, 0.6) is 23.0 Å². The Morgan fingerprint density at radius 2 is 0.765 bits per heavy atom. The minimum atomic E-state index is -4.09. The van der Waals surface area contributed by atoms with Crippen LogP contribution in [0.3, 0.4) is 0 Å². The first kappa shape index (κ1) is 23.1. The molecule has 0 aliphatic carbocycles. The summed E-state index contributed by atoms with van der Waals surface area (Å²) in [6, 6.07) is 17.9. The fourth-order valence-corrected chi connectivity index (χ4v) is 6.08. The lowest BCUT2D eigenvalue weighted by Crippen LogP contribution is -2.03. The van der Waals surface area contributed by atoms with Gasteiger partial charge in [-0.05, 0) is 59.7 Å². The summed E-state index contributed by atoms with van der Waals surface area (Å²) in [7, 11) is -8.18. The van der Waals surface area contributed by atoms with Gasteiger partial charge in [-0.3, -0.25) is 0 Å². The lowest BCUT2D eigenvalue weighted by Gasteiger charge is -2.10. The van der Waals surface area contributed by atoms with Crippen LogP contribution in [0.1, 0.15) is 0 Å². The molecular weight excluding hydrogens is 480 g/mol. The van der Waals surface area contributed by atoms with Crippen LogP contribution in [0, 0.1) is 0 Å². The fourth-order valence-electron chi connectivity index (χ4n) is 3.34. The highest BCUT2D eigenvalue weighted by molar-refractivity contribution is 7.92. The van der Waals surface area contributed by atoms with E-state index in [0.29, 0.717) is 11.1 Å². The third-order valence-corrected chi connectivity index (χ3v) is 8.73. The second-order valence-electron chi connectivity index (χ2n) is 7.36. The van der Waals surface area contributed by atoms with E-state index >= 15 is 0 Å². The van der Waals surface area contributed by atoms with Gasteiger partial charge in [0.05, 0.1) is 9.79 Å². The highest BCUT2D eigenvalue weighted by atomic mass is 32.2. The molecule has 0 aliphatic heterocycles. The number of sulfone groups is 2. The van der Waals surface area contributed by atoms with Gasteiger partial charge in [0.2, 0.25) is 19.7 Å². The normalized spacial score (nSPS) is 11.9. The molecule has 0 heterocycles. The number of hydrogen-bond acceptors (Lipinski definition) is 8. The van der Waals surface area contributed by atoms with Crippen molar-refractivity contribution in [3.63, 3.8) is 0 Å². The van der Waals surface area contributed by atoms with E-state index in [9.17, 15) is 37.3 Å². The van der Waals surface area contributed by atoms with E-state index in [1.165, 1.54) is 60.7 Å². The first-order valence-electron chi connectivity index (χ1n) is 9.75. The molecule has 4 aromatic carbocycles. The zero-order chi connectivity index (χ0) is 24.7. The Labute approximate surface area is 195 Å². The molecule has 0 radical (unpaired) electrons. The standard InChI is InChI=1S/C24H18O8S2/c25-17-5-11-21(27)23(13-17)33(29,30)19-7-1-15(2-8-19)16-3-9-20(10-4-16)34(31,32)24-14-18(26)6-12-22(24)28/h1-14,25-28H. The summed E-state index contributed by atoms with van der Waals surface area (Å²) < 4.78 is 51.3. The maximum Gasteiger partial charge on any atom is 0.210 e. The molecule has 0 saturated heterocycles. The van der Waals surface area contributed by atoms with Crippen LogP contribution in [0.2, 0.25) is 0 Å².